The Balaban J connectivity index is 2.25. The third kappa shape index (κ3) is 2.21. The molecule has 0 unspecified atom stereocenters. The van der Waals surface area contributed by atoms with Gasteiger partial charge in [0.2, 0.25) is 0 Å². The van der Waals surface area contributed by atoms with Gasteiger partial charge in [0, 0.05) is 0 Å². The molecule has 1 nitrogen and oxygen atoms in total. The van der Waals surface area contributed by atoms with Crippen molar-refractivity contribution in [2.45, 2.75) is 44.9 Å². The topological polar surface area (TPSA) is 23.8 Å². The van der Waals surface area contributed by atoms with Crippen molar-refractivity contribution in [2.24, 2.45) is 0 Å². The average Bonchev–Trinajstić information content (AvgIpc) is 2.31. The highest BCUT2D eigenvalue weighted by Crippen LogP contribution is 2.33. The largest absolute Gasteiger partial charge is 0.192 e. The fourth-order valence-corrected chi connectivity index (χ4v) is 2.45. The molecule has 0 radical (unpaired) electrons. The molecule has 1 aromatic carbocycles. The van der Waals surface area contributed by atoms with E-state index in [9.17, 15) is 0 Å². The van der Waals surface area contributed by atoms with Gasteiger partial charge in [0.15, 0.2) is 0 Å². The van der Waals surface area contributed by atoms with Crippen LogP contribution in [0.25, 0.3) is 0 Å². The van der Waals surface area contributed by atoms with Crippen LogP contribution in [0.1, 0.15) is 54.7 Å². The molecule has 1 aromatic rings. The van der Waals surface area contributed by atoms with Crippen LogP contribution < -0.4 is 0 Å². The lowest BCUT2D eigenvalue weighted by molar-refractivity contribution is 0.443. The van der Waals surface area contributed by atoms with Crippen LogP contribution in [0.2, 0.25) is 0 Å². The Morgan fingerprint density at radius 1 is 1.20 bits per heavy atom. The van der Waals surface area contributed by atoms with Gasteiger partial charge in [-0.2, -0.15) is 5.26 Å². The van der Waals surface area contributed by atoms with Gasteiger partial charge in [0.25, 0.3) is 0 Å². The summed E-state index contributed by atoms with van der Waals surface area (Å²) in [6.07, 6.45) is 6.68. The van der Waals surface area contributed by atoms with Crippen molar-refractivity contribution in [2.75, 3.05) is 0 Å². The molecule has 1 fully saturated rings. The quantitative estimate of drug-likeness (QED) is 0.672. The Morgan fingerprint density at radius 2 is 1.93 bits per heavy atom. The molecular formula is C14H17N. The number of rotatable bonds is 1. The predicted molar refractivity (Wildman–Crippen MR) is 61.7 cm³/mol. The van der Waals surface area contributed by atoms with Gasteiger partial charge in [-0.15, -0.1) is 0 Å². The molecular weight excluding hydrogens is 182 g/mol. The predicted octanol–water partition coefficient (Wildman–Crippen LogP) is 3.91. The Bertz CT molecular complexity index is 381. The van der Waals surface area contributed by atoms with Crippen molar-refractivity contribution in [3.63, 3.8) is 0 Å². The number of benzene rings is 1. The van der Waals surface area contributed by atoms with Crippen LogP contribution in [-0.2, 0) is 0 Å². The van der Waals surface area contributed by atoms with Crippen LogP contribution in [0, 0.1) is 18.3 Å². The lowest BCUT2D eigenvalue weighted by Crippen LogP contribution is -2.04. The summed E-state index contributed by atoms with van der Waals surface area (Å²) >= 11 is 0. The lowest BCUT2D eigenvalue weighted by Gasteiger charge is -2.22. The van der Waals surface area contributed by atoms with E-state index in [0.29, 0.717) is 5.92 Å². The van der Waals surface area contributed by atoms with Gasteiger partial charge in [-0.3, -0.25) is 0 Å². The molecule has 1 aliphatic rings. The third-order valence-corrected chi connectivity index (χ3v) is 3.46. The summed E-state index contributed by atoms with van der Waals surface area (Å²) in [6.45, 7) is 2.00. The van der Waals surface area contributed by atoms with Gasteiger partial charge in [0.05, 0.1) is 11.6 Å². The minimum atomic E-state index is 0.700. The third-order valence-electron chi connectivity index (χ3n) is 3.46. The van der Waals surface area contributed by atoms with Crippen molar-refractivity contribution >= 4 is 0 Å². The molecule has 1 aliphatic carbocycles. The molecule has 1 heteroatoms. The molecule has 15 heavy (non-hydrogen) atoms. The van der Waals surface area contributed by atoms with Crippen LogP contribution in [0.4, 0.5) is 0 Å². The van der Waals surface area contributed by atoms with Crippen LogP contribution in [0.15, 0.2) is 18.2 Å². The summed E-state index contributed by atoms with van der Waals surface area (Å²) in [5.41, 5.74) is 3.31. The summed E-state index contributed by atoms with van der Waals surface area (Å²) in [4.78, 5) is 0. The summed E-state index contributed by atoms with van der Waals surface area (Å²) in [6, 6.07) is 8.65. The van der Waals surface area contributed by atoms with E-state index in [-0.39, 0.29) is 0 Å². The van der Waals surface area contributed by atoms with Gasteiger partial charge in [-0.05, 0) is 42.9 Å². The molecule has 2 rings (SSSR count). The highest BCUT2D eigenvalue weighted by Gasteiger charge is 2.15. The van der Waals surface area contributed by atoms with E-state index in [2.05, 4.69) is 24.3 Å². The number of hydrogen-bond donors (Lipinski definition) is 0. The summed E-state index contributed by atoms with van der Waals surface area (Å²) < 4.78 is 0. The van der Waals surface area contributed by atoms with E-state index < -0.39 is 0 Å². The summed E-state index contributed by atoms with van der Waals surface area (Å²) in [5, 5.41) is 8.99. The van der Waals surface area contributed by atoms with Crippen LogP contribution in [0.3, 0.4) is 0 Å². The van der Waals surface area contributed by atoms with Crippen molar-refractivity contribution < 1.29 is 0 Å². The van der Waals surface area contributed by atoms with Gasteiger partial charge < -0.3 is 0 Å². The minimum absolute atomic E-state index is 0.700. The summed E-state index contributed by atoms with van der Waals surface area (Å²) in [5.74, 6) is 0.700. The molecule has 1 saturated carbocycles. The van der Waals surface area contributed by atoms with E-state index in [0.717, 1.165) is 11.1 Å². The smallest absolute Gasteiger partial charge is 0.0994 e. The zero-order chi connectivity index (χ0) is 10.7. The summed E-state index contributed by atoms with van der Waals surface area (Å²) in [7, 11) is 0. The lowest BCUT2D eigenvalue weighted by atomic mass is 9.83. The highest BCUT2D eigenvalue weighted by molar-refractivity contribution is 5.41. The molecule has 0 bridgehead atoms. The van der Waals surface area contributed by atoms with Crippen molar-refractivity contribution in [1.82, 2.24) is 0 Å². The molecule has 0 amide bonds. The first kappa shape index (κ1) is 10.2. The van der Waals surface area contributed by atoms with Crippen molar-refractivity contribution in [1.29, 1.82) is 5.26 Å². The second kappa shape index (κ2) is 4.49. The standard InChI is InChI=1S/C14H17N/c1-11-7-8-13(9-14(11)10-15)12-5-3-2-4-6-12/h7-9,12H,2-6H2,1H3. The maximum atomic E-state index is 8.99. The molecule has 0 atom stereocenters. The van der Waals surface area contributed by atoms with Gasteiger partial charge in [-0.25, -0.2) is 0 Å². The maximum absolute atomic E-state index is 8.99. The van der Waals surface area contributed by atoms with Crippen LogP contribution in [-0.4, -0.2) is 0 Å². The Morgan fingerprint density at radius 3 is 2.60 bits per heavy atom. The molecule has 0 aliphatic heterocycles. The van der Waals surface area contributed by atoms with E-state index in [4.69, 9.17) is 5.26 Å². The van der Waals surface area contributed by atoms with Crippen molar-refractivity contribution in [3.05, 3.63) is 34.9 Å². The second-order valence-corrected chi connectivity index (χ2v) is 4.52. The Kier molecular flexibility index (Phi) is 3.06. The fourth-order valence-electron chi connectivity index (χ4n) is 2.45. The van der Waals surface area contributed by atoms with Crippen molar-refractivity contribution in [3.8, 4) is 6.07 Å². The highest BCUT2D eigenvalue weighted by atomic mass is 14.3. The number of nitriles is 1. The fraction of sp³-hybridized carbons (Fsp3) is 0.500. The zero-order valence-corrected chi connectivity index (χ0v) is 9.29. The molecule has 0 saturated heterocycles. The zero-order valence-electron chi connectivity index (χ0n) is 9.29. The first-order valence-corrected chi connectivity index (χ1v) is 5.82. The molecule has 0 N–H and O–H groups in total. The Hall–Kier alpha value is -1.29. The molecule has 0 heterocycles. The van der Waals surface area contributed by atoms with Gasteiger partial charge in [-0.1, -0.05) is 31.4 Å². The first-order chi connectivity index (χ1) is 7.31. The number of aryl methyl sites for hydroxylation is 1. The van der Waals surface area contributed by atoms with Gasteiger partial charge >= 0.3 is 0 Å². The van der Waals surface area contributed by atoms with E-state index >= 15 is 0 Å². The molecule has 0 aromatic heterocycles. The monoisotopic (exact) mass is 199 g/mol. The second-order valence-electron chi connectivity index (χ2n) is 4.52. The number of nitrogens with zero attached hydrogens (tertiary/aromatic N) is 1. The van der Waals surface area contributed by atoms with Crippen LogP contribution in [0.5, 0.6) is 0 Å². The minimum Gasteiger partial charge on any atom is -0.192 e. The van der Waals surface area contributed by atoms with E-state index in [1.165, 1.54) is 37.7 Å². The van der Waals surface area contributed by atoms with Gasteiger partial charge in [0.1, 0.15) is 0 Å². The molecule has 0 spiro atoms. The van der Waals surface area contributed by atoms with E-state index in [1.807, 2.05) is 6.92 Å². The maximum Gasteiger partial charge on any atom is 0.0994 e. The Labute approximate surface area is 91.7 Å². The first-order valence-electron chi connectivity index (χ1n) is 5.82. The molecule has 78 valence electrons. The van der Waals surface area contributed by atoms with Crippen LogP contribution >= 0.6 is 0 Å². The normalized spacial score (nSPS) is 17.3. The average molecular weight is 199 g/mol. The SMILES string of the molecule is Cc1ccc(C2CCCCC2)cc1C#N. The van der Waals surface area contributed by atoms with E-state index in [1.54, 1.807) is 0 Å². The number of hydrogen-bond acceptors (Lipinski definition) is 1.